The average Bonchev–Trinajstić information content (AvgIpc) is 2.77. The Labute approximate surface area is 114 Å². The second-order valence-corrected chi connectivity index (χ2v) is 4.96. The molecular formula is C13H13BrN4. The largest absolute Gasteiger partial charge is 0.376 e. The Kier molecular flexibility index (Phi) is 3.68. The predicted octanol–water partition coefficient (Wildman–Crippen LogP) is 3.23. The van der Waals surface area contributed by atoms with Crippen LogP contribution in [0.15, 0.2) is 34.9 Å². The van der Waals surface area contributed by atoms with Crippen molar-refractivity contribution in [1.82, 2.24) is 9.78 Å². The van der Waals surface area contributed by atoms with Crippen LogP contribution >= 0.6 is 15.9 Å². The van der Waals surface area contributed by atoms with Crippen molar-refractivity contribution in [1.29, 1.82) is 5.26 Å². The number of hydrogen-bond acceptors (Lipinski definition) is 3. The van der Waals surface area contributed by atoms with E-state index in [1.807, 2.05) is 36.9 Å². The first-order valence-corrected chi connectivity index (χ1v) is 6.35. The molecule has 92 valence electrons. The first-order chi connectivity index (χ1) is 8.61. The fraction of sp³-hybridized carbons (Fsp3) is 0.231. The van der Waals surface area contributed by atoms with Crippen molar-refractivity contribution in [3.63, 3.8) is 0 Å². The number of rotatable bonds is 3. The minimum atomic E-state index is 0.0887. The molecule has 2 aromatic rings. The summed E-state index contributed by atoms with van der Waals surface area (Å²) in [5, 5.41) is 16.6. The number of nitriles is 1. The normalized spacial score (nSPS) is 11.9. The van der Waals surface area contributed by atoms with Crippen LogP contribution < -0.4 is 5.32 Å². The Morgan fingerprint density at radius 3 is 2.83 bits per heavy atom. The summed E-state index contributed by atoms with van der Waals surface area (Å²) in [4.78, 5) is 0. The van der Waals surface area contributed by atoms with Gasteiger partial charge in [0.2, 0.25) is 0 Å². The molecule has 1 aromatic carbocycles. The molecule has 0 bridgehead atoms. The van der Waals surface area contributed by atoms with Gasteiger partial charge in [0, 0.05) is 17.7 Å². The minimum absolute atomic E-state index is 0.0887. The molecule has 1 atom stereocenters. The molecule has 0 fully saturated rings. The van der Waals surface area contributed by atoms with Crippen LogP contribution in [-0.2, 0) is 7.05 Å². The second kappa shape index (κ2) is 5.23. The van der Waals surface area contributed by atoms with Crippen molar-refractivity contribution in [3.8, 4) is 6.07 Å². The quantitative estimate of drug-likeness (QED) is 0.947. The van der Waals surface area contributed by atoms with E-state index in [1.54, 1.807) is 12.3 Å². The number of anilines is 1. The Morgan fingerprint density at radius 1 is 1.44 bits per heavy atom. The summed E-state index contributed by atoms with van der Waals surface area (Å²) in [5.41, 5.74) is 2.52. The maximum absolute atomic E-state index is 9.11. The lowest BCUT2D eigenvalue weighted by Crippen LogP contribution is -2.12. The number of aryl methyl sites for hydroxylation is 1. The highest BCUT2D eigenvalue weighted by Gasteiger charge is 2.11. The molecule has 18 heavy (non-hydrogen) atoms. The van der Waals surface area contributed by atoms with Crippen LogP contribution in [0.2, 0.25) is 0 Å². The smallest absolute Gasteiger partial charge is 0.101 e. The van der Waals surface area contributed by atoms with Gasteiger partial charge < -0.3 is 5.32 Å². The number of benzene rings is 1. The monoisotopic (exact) mass is 304 g/mol. The molecule has 1 aromatic heterocycles. The Morgan fingerprint density at radius 2 is 2.22 bits per heavy atom. The predicted molar refractivity (Wildman–Crippen MR) is 74.1 cm³/mol. The van der Waals surface area contributed by atoms with Crippen LogP contribution in [0.5, 0.6) is 0 Å². The van der Waals surface area contributed by atoms with Crippen molar-refractivity contribution in [2.75, 3.05) is 5.32 Å². The van der Waals surface area contributed by atoms with E-state index in [2.05, 4.69) is 32.4 Å². The van der Waals surface area contributed by atoms with Crippen molar-refractivity contribution in [2.45, 2.75) is 13.0 Å². The van der Waals surface area contributed by atoms with E-state index < -0.39 is 0 Å². The van der Waals surface area contributed by atoms with Crippen LogP contribution in [0.25, 0.3) is 0 Å². The minimum Gasteiger partial charge on any atom is -0.376 e. The highest BCUT2D eigenvalue weighted by atomic mass is 79.9. The number of halogens is 1. The number of aromatic nitrogens is 2. The van der Waals surface area contributed by atoms with Crippen LogP contribution in [0, 0.1) is 11.3 Å². The lowest BCUT2D eigenvalue weighted by Gasteiger charge is -2.16. The van der Waals surface area contributed by atoms with Crippen LogP contribution in [0.4, 0.5) is 5.69 Å². The molecular weight excluding hydrogens is 292 g/mol. The van der Waals surface area contributed by atoms with Gasteiger partial charge in [-0.1, -0.05) is 15.9 Å². The third kappa shape index (κ3) is 2.54. The maximum atomic E-state index is 9.11. The lowest BCUT2D eigenvalue weighted by atomic mass is 10.1. The number of hydrogen-bond donors (Lipinski definition) is 1. The van der Waals surface area contributed by atoms with Gasteiger partial charge in [-0.3, -0.25) is 4.68 Å². The highest BCUT2D eigenvalue weighted by Crippen LogP contribution is 2.24. The van der Waals surface area contributed by atoms with Crippen molar-refractivity contribution >= 4 is 21.6 Å². The molecule has 1 unspecified atom stereocenters. The molecule has 1 N–H and O–H groups in total. The zero-order chi connectivity index (χ0) is 13.1. The van der Waals surface area contributed by atoms with Crippen molar-refractivity contribution < 1.29 is 0 Å². The van der Waals surface area contributed by atoms with Crippen molar-refractivity contribution in [2.24, 2.45) is 7.05 Å². The van der Waals surface area contributed by atoms with Crippen LogP contribution in [0.3, 0.4) is 0 Å². The first kappa shape index (κ1) is 12.7. The van der Waals surface area contributed by atoms with Gasteiger partial charge in [-0.25, -0.2) is 0 Å². The van der Waals surface area contributed by atoms with E-state index in [4.69, 9.17) is 5.26 Å². The van der Waals surface area contributed by atoms with Crippen LogP contribution in [0.1, 0.15) is 24.2 Å². The molecule has 0 spiro atoms. The van der Waals surface area contributed by atoms with E-state index in [0.717, 1.165) is 15.9 Å². The topological polar surface area (TPSA) is 53.6 Å². The SMILES string of the molecule is CC(Nc1ccc(Br)cc1C#N)c1ccnn1C. The zero-order valence-electron chi connectivity index (χ0n) is 10.2. The van der Waals surface area contributed by atoms with Crippen LogP contribution in [-0.4, -0.2) is 9.78 Å². The summed E-state index contributed by atoms with van der Waals surface area (Å²) in [6.07, 6.45) is 1.76. The van der Waals surface area contributed by atoms with Gasteiger partial charge in [0.25, 0.3) is 0 Å². The number of nitrogens with zero attached hydrogens (tertiary/aromatic N) is 3. The molecule has 5 heteroatoms. The first-order valence-electron chi connectivity index (χ1n) is 5.56. The summed E-state index contributed by atoms with van der Waals surface area (Å²) >= 11 is 3.36. The number of nitrogens with one attached hydrogen (secondary N) is 1. The van der Waals surface area contributed by atoms with Gasteiger partial charge >= 0.3 is 0 Å². The van der Waals surface area contributed by atoms with Gasteiger partial charge in [-0.15, -0.1) is 0 Å². The molecule has 0 saturated carbocycles. The van der Waals surface area contributed by atoms with Gasteiger partial charge in [0.15, 0.2) is 0 Å². The second-order valence-electron chi connectivity index (χ2n) is 4.05. The summed E-state index contributed by atoms with van der Waals surface area (Å²) in [6.45, 7) is 2.04. The van der Waals surface area contributed by atoms with E-state index in [1.165, 1.54) is 0 Å². The molecule has 4 nitrogen and oxygen atoms in total. The summed E-state index contributed by atoms with van der Waals surface area (Å²) in [6, 6.07) is 9.85. The lowest BCUT2D eigenvalue weighted by molar-refractivity contribution is 0.675. The van der Waals surface area contributed by atoms with Gasteiger partial charge in [-0.05, 0) is 31.2 Å². The Balaban J connectivity index is 2.25. The van der Waals surface area contributed by atoms with E-state index >= 15 is 0 Å². The molecule has 0 saturated heterocycles. The van der Waals surface area contributed by atoms with Gasteiger partial charge in [-0.2, -0.15) is 10.4 Å². The van der Waals surface area contributed by atoms with Gasteiger partial charge in [0.05, 0.1) is 23.0 Å². The summed E-state index contributed by atoms with van der Waals surface area (Å²) < 4.78 is 2.72. The highest BCUT2D eigenvalue weighted by molar-refractivity contribution is 9.10. The fourth-order valence-electron chi connectivity index (χ4n) is 1.85. The van der Waals surface area contributed by atoms with E-state index in [-0.39, 0.29) is 6.04 Å². The summed E-state index contributed by atoms with van der Waals surface area (Å²) in [7, 11) is 1.90. The summed E-state index contributed by atoms with van der Waals surface area (Å²) in [5.74, 6) is 0. The zero-order valence-corrected chi connectivity index (χ0v) is 11.8. The average molecular weight is 305 g/mol. The molecule has 0 aliphatic heterocycles. The fourth-order valence-corrected chi connectivity index (χ4v) is 2.21. The maximum Gasteiger partial charge on any atom is 0.101 e. The van der Waals surface area contributed by atoms with E-state index in [0.29, 0.717) is 5.56 Å². The molecule has 2 rings (SSSR count). The molecule has 1 heterocycles. The molecule has 0 aliphatic rings. The molecule has 0 radical (unpaired) electrons. The molecule has 0 aliphatic carbocycles. The Bertz CT molecular complexity index is 597. The Hall–Kier alpha value is -1.80. The van der Waals surface area contributed by atoms with Crippen molar-refractivity contribution in [3.05, 3.63) is 46.2 Å². The van der Waals surface area contributed by atoms with Gasteiger partial charge in [0.1, 0.15) is 6.07 Å². The molecule has 0 amide bonds. The van der Waals surface area contributed by atoms with E-state index in [9.17, 15) is 0 Å². The third-order valence-corrected chi connectivity index (χ3v) is 3.27. The standard InChI is InChI=1S/C13H13BrN4/c1-9(13-5-6-16-18(13)2)17-12-4-3-11(14)7-10(12)8-15/h3-7,9,17H,1-2H3. The third-order valence-electron chi connectivity index (χ3n) is 2.78.